The Bertz CT molecular complexity index is 1170. The van der Waals surface area contributed by atoms with Crippen molar-refractivity contribution in [3.8, 4) is 0 Å². The van der Waals surface area contributed by atoms with Crippen LogP contribution in [0.25, 0.3) is 0 Å². The van der Waals surface area contributed by atoms with Crippen molar-refractivity contribution in [2.45, 2.75) is 219 Å². The van der Waals surface area contributed by atoms with Gasteiger partial charge in [-0.2, -0.15) is 0 Å². The highest BCUT2D eigenvalue weighted by molar-refractivity contribution is 5.71. The van der Waals surface area contributed by atoms with Crippen LogP contribution in [0, 0.1) is 0 Å². The van der Waals surface area contributed by atoms with Gasteiger partial charge in [-0.3, -0.25) is 14.4 Å². The van der Waals surface area contributed by atoms with Gasteiger partial charge in [0.1, 0.15) is 13.2 Å². The van der Waals surface area contributed by atoms with Crippen LogP contribution in [0.15, 0.2) is 85.1 Å². The molecule has 0 aliphatic carbocycles. The molecule has 0 aromatic heterocycles. The molecule has 0 heterocycles. The Balaban J connectivity index is 4.49. The van der Waals surface area contributed by atoms with E-state index in [9.17, 15) is 14.4 Å². The maximum Gasteiger partial charge on any atom is 0.306 e. The molecule has 0 aliphatic heterocycles. The number of unbranched alkanes of at least 4 members (excludes halogenated alkanes) is 17. The van der Waals surface area contributed by atoms with Gasteiger partial charge in [0, 0.05) is 19.3 Å². The molecule has 0 radical (unpaired) electrons. The summed E-state index contributed by atoms with van der Waals surface area (Å²) in [5.74, 6) is -0.973. The Morgan fingerprint density at radius 2 is 0.678 bits per heavy atom. The highest BCUT2D eigenvalue weighted by atomic mass is 16.6. The first-order chi connectivity index (χ1) is 29.0. The van der Waals surface area contributed by atoms with Crippen LogP contribution in [0.3, 0.4) is 0 Å². The van der Waals surface area contributed by atoms with Crippen LogP contribution in [0.1, 0.15) is 213 Å². The quantitative estimate of drug-likeness (QED) is 0.0264. The molecule has 6 heteroatoms. The molecule has 0 fully saturated rings. The standard InChI is InChI=1S/C53H88O6/c1-4-7-10-13-16-19-22-24-26-28-31-34-37-40-43-46-52(55)58-49-50(48-57-51(54)45-42-39-36-33-30-21-18-15-12-9-6-3)59-53(56)47-44-41-38-35-32-29-27-25-23-20-17-14-11-8-5-2/h8,11,15-20,24-27,31,34,50H,4-7,9-10,12-14,21-23,28-30,32-33,35-49H2,1-3H3/b11-8-,18-15-,19-16-,20-17-,26-24-,27-25-,34-31-/t50-/m0/s1. The largest absolute Gasteiger partial charge is 0.462 e. The number of carbonyl (C=O) groups excluding carboxylic acids is 3. The van der Waals surface area contributed by atoms with Crippen molar-refractivity contribution in [1.82, 2.24) is 0 Å². The van der Waals surface area contributed by atoms with Gasteiger partial charge in [0.2, 0.25) is 0 Å². The van der Waals surface area contributed by atoms with Crippen molar-refractivity contribution in [2.75, 3.05) is 13.2 Å². The highest BCUT2D eigenvalue weighted by Crippen LogP contribution is 2.12. The summed E-state index contributed by atoms with van der Waals surface area (Å²) in [6.07, 6.45) is 59.9. The van der Waals surface area contributed by atoms with Gasteiger partial charge in [0.05, 0.1) is 0 Å². The number of hydrogen-bond donors (Lipinski definition) is 0. The van der Waals surface area contributed by atoms with E-state index in [1.807, 2.05) is 0 Å². The molecule has 59 heavy (non-hydrogen) atoms. The minimum Gasteiger partial charge on any atom is -0.462 e. The van der Waals surface area contributed by atoms with Gasteiger partial charge in [0.25, 0.3) is 0 Å². The fourth-order valence-corrected chi connectivity index (χ4v) is 6.21. The van der Waals surface area contributed by atoms with Crippen molar-refractivity contribution in [3.05, 3.63) is 85.1 Å². The fraction of sp³-hybridized carbons (Fsp3) is 0.679. The van der Waals surface area contributed by atoms with E-state index in [4.69, 9.17) is 14.2 Å². The molecule has 0 saturated heterocycles. The summed E-state index contributed by atoms with van der Waals surface area (Å²) in [6, 6.07) is 0. The number of ether oxygens (including phenoxy) is 3. The molecule has 0 bridgehead atoms. The molecular weight excluding hydrogens is 733 g/mol. The zero-order valence-corrected chi connectivity index (χ0v) is 38.2. The van der Waals surface area contributed by atoms with Crippen molar-refractivity contribution >= 4 is 17.9 Å². The van der Waals surface area contributed by atoms with Crippen LogP contribution < -0.4 is 0 Å². The van der Waals surface area contributed by atoms with Gasteiger partial charge in [-0.05, 0) is 109 Å². The number of esters is 3. The van der Waals surface area contributed by atoms with E-state index in [2.05, 4.69) is 106 Å². The van der Waals surface area contributed by atoms with Gasteiger partial charge in [-0.1, -0.05) is 170 Å². The molecule has 0 unspecified atom stereocenters. The monoisotopic (exact) mass is 821 g/mol. The summed E-state index contributed by atoms with van der Waals surface area (Å²) in [5, 5.41) is 0. The molecule has 0 amide bonds. The van der Waals surface area contributed by atoms with Gasteiger partial charge in [-0.25, -0.2) is 0 Å². The zero-order valence-electron chi connectivity index (χ0n) is 38.2. The Morgan fingerprint density at radius 3 is 1.14 bits per heavy atom. The Morgan fingerprint density at radius 1 is 0.356 bits per heavy atom. The second-order valence-corrected chi connectivity index (χ2v) is 15.6. The maximum atomic E-state index is 12.8. The molecule has 1 atom stereocenters. The van der Waals surface area contributed by atoms with Gasteiger partial charge < -0.3 is 14.2 Å². The molecule has 0 rings (SSSR count). The van der Waals surface area contributed by atoms with E-state index >= 15 is 0 Å². The lowest BCUT2D eigenvalue weighted by Crippen LogP contribution is -2.30. The summed E-state index contributed by atoms with van der Waals surface area (Å²) in [4.78, 5) is 37.8. The van der Waals surface area contributed by atoms with Crippen LogP contribution in [-0.2, 0) is 28.6 Å². The first kappa shape index (κ1) is 55.6. The minimum atomic E-state index is -0.803. The van der Waals surface area contributed by atoms with Gasteiger partial charge in [0.15, 0.2) is 6.10 Å². The summed E-state index contributed by atoms with van der Waals surface area (Å²) >= 11 is 0. The smallest absolute Gasteiger partial charge is 0.306 e. The van der Waals surface area contributed by atoms with Crippen LogP contribution in [0.5, 0.6) is 0 Å². The van der Waals surface area contributed by atoms with Crippen molar-refractivity contribution in [2.24, 2.45) is 0 Å². The Labute approximate surface area is 363 Å². The average Bonchev–Trinajstić information content (AvgIpc) is 3.23. The fourth-order valence-electron chi connectivity index (χ4n) is 6.21. The summed E-state index contributed by atoms with van der Waals surface area (Å²) in [6.45, 7) is 6.38. The van der Waals surface area contributed by atoms with E-state index < -0.39 is 6.10 Å². The molecule has 0 aromatic rings. The maximum absolute atomic E-state index is 12.8. The third-order valence-corrected chi connectivity index (χ3v) is 9.85. The first-order valence-electron chi connectivity index (χ1n) is 24.1. The SMILES string of the molecule is CC/C=C\C/C=C\C/C=C\CCCCCCCC(=O)O[C@H](COC(=O)CCCC/C=C\C/C=C\C/C=C\CCCCC)COC(=O)CCCCCCC/C=C\CCCC. The molecule has 0 spiro atoms. The Hall–Kier alpha value is -3.41. The topological polar surface area (TPSA) is 78.9 Å². The molecule has 336 valence electrons. The average molecular weight is 821 g/mol. The van der Waals surface area contributed by atoms with Crippen molar-refractivity contribution in [3.63, 3.8) is 0 Å². The van der Waals surface area contributed by atoms with E-state index in [-0.39, 0.29) is 31.1 Å². The Kier molecular flexibility index (Phi) is 44.5. The second-order valence-electron chi connectivity index (χ2n) is 15.6. The predicted octanol–water partition coefficient (Wildman–Crippen LogP) is 15.6. The second kappa shape index (κ2) is 47.3. The number of carbonyl (C=O) groups is 3. The zero-order chi connectivity index (χ0) is 43.0. The lowest BCUT2D eigenvalue weighted by Gasteiger charge is -2.18. The molecule has 0 aliphatic rings. The first-order valence-corrected chi connectivity index (χ1v) is 24.1. The van der Waals surface area contributed by atoms with E-state index in [0.717, 1.165) is 122 Å². The van der Waals surface area contributed by atoms with Crippen LogP contribution in [-0.4, -0.2) is 37.2 Å². The molecular formula is C53H88O6. The number of allylic oxidation sites excluding steroid dienone is 14. The van der Waals surface area contributed by atoms with E-state index in [0.29, 0.717) is 19.3 Å². The lowest BCUT2D eigenvalue weighted by molar-refractivity contribution is -0.167. The summed E-state index contributed by atoms with van der Waals surface area (Å²) in [5.41, 5.74) is 0. The molecule has 0 aromatic carbocycles. The summed E-state index contributed by atoms with van der Waals surface area (Å²) < 4.78 is 16.7. The van der Waals surface area contributed by atoms with Gasteiger partial charge >= 0.3 is 17.9 Å². The third kappa shape index (κ3) is 45.5. The third-order valence-electron chi connectivity index (χ3n) is 9.85. The highest BCUT2D eigenvalue weighted by Gasteiger charge is 2.19. The van der Waals surface area contributed by atoms with Crippen molar-refractivity contribution in [1.29, 1.82) is 0 Å². The van der Waals surface area contributed by atoms with E-state index in [1.54, 1.807) is 0 Å². The summed E-state index contributed by atoms with van der Waals surface area (Å²) in [7, 11) is 0. The molecule has 0 N–H and O–H groups in total. The lowest BCUT2D eigenvalue weighted by atomic mass is 10.1. The molecule has 0 saturated carbocycles. The number of hydrogen-bond acceptors (Lipinski definition) is 6. The van der Waals surface area contributed by atoms with Crippen LogP contribution in [0.2, 0.25) is 0 Å². The van der Waals surface area contributed by atoms with Gasteiger partial charge in [-0.15, -0.1) is 0 Å². The molecule has 6 nitrogen and oxygen atoms in total. The van der Waals surface area contributed by atoms with Crippen LogP contribution in [0.4, 0.5) is 0 Å². The van der Waals surface area contributed by atoms with Crippen molar-refractivity contribution < 1.29 is 28.6 Å². The predicted molar refractivity (Wildman–Crippen MR) is 251 cm³/mol. The normalized spacial score (nSPS) is 12.8. The van der Waals surface area contributed by atoms with Crippen LogP contribution >= 0.6 is 0 Å². The minimum absolute atomic E-state index is 0.101. The van der Waals surface area contributed by atoms with E-state index in [1.165, 1.54) is 51.4 Å². The number of rotatable bonds is 42.